The minimum atomic E-state index is -1.67. The van der Waals surface area contributed by atoms with Crippen LogP contribution in [-0.4, -0.2) is 26.1 Å². The summed E-state index contributed by atoms with van der Waals surface area (Å²) in [5.74, 6) is 3.48. The van der Waals surface area contributed by atoms with E-state index in [0.717, 1.165) is 18.1 Å². The highest BCUT2D eigenvalue weighted by Crippen LogP contribution is 2.37. The molecular formula is C13H29NOSSi. The summed E-state index contributed by atoms with van der Waals surface area (Å²) in [5.41, 5.74) is 6.09. The molecule has 1 aliphatic carbocycles. The van der Waals surface area contributed by atoms with Crippen molar-refractivity contribution in [2.45, 2.75) is 64.4 Å². The Morgan fingerprint density at radius 3 is 2.41 bits per heavy atom. The van der Waals surface area contributed by atoms with Gasteiger partial charge in [-0.1, -0.05) is 20.8 Å². The molecule has 0 bridgehead atoms. The fourth-order valence-electron chi connectivity index (χ4n) is 1.35. The summed E-state index contributed by atoms with van der Waals surface area (Å²) in [6, 6.07) is 0. The highest BCUT2D eigenvalue weighted by atomic mass is 32.2. The average Bonchev–Trinajstić information content (AvgIpc) is 2.93. The summed E-state index contributed by atoms with van der Waals surface area (Å²) in [4.78, 5) is 0. The molecule has 1 saturated carbocycles. The molecule has 1 atom stereocenters. The van der Waals surface area contributed by atoms with Crippen LogP contribution in [0.25, 0.3) is 0 Å². The van der Waals surface area contributed by atoms with Crippen molar-refractivity contribution in [3.8, 4) is 0 Å². The lowest BCUT2D eigenvalue weighted by atomic mass is 10.2. The zero-order chi connectivity index (χ0) is 13.1. The van der Waals surface area contributed by atoms with Crippen LogP contribution in [0, 0.1) is 5.92 Å². The van der Waals surface area contributed by atoms with Gasteiger partial charge in [0.1, 0.15) is 0 Å². The Hall–Kier alpha value is 0.487. The number of hydrogen-bond acceptors (Lipinski definition) is 3. The third kappa shape index (κ3) is 5.77. The quantitative estimate of drug-likeness (QED) is 0.436. The molecule has 1 rings (SSSR count). The summed E-state index contributed by atoms with van der Waals surface area (Å²) < 4.78 is 6.13. The van der Waals surface area contributed by atoms with Gasteiger partial charge in [0.25, 0.3) is 0 Å². The molecule has 0 radical (unpaired) electrons. The van der Waals surface area contributed by atoms with Crippen molar-refractivity contribution in [1.82, 2.24) is 0 Å². The van der Waals surface area contributed by atoms with Crippen LogP contribution in [0.5, 0.6) is 0 Å². The van der Waals surface area contributed by atoms with Gasteiger partial charge in [-0.3, -0.25) is 0 Å². The predicted octanol–water partition coefficient (Wildman–Crippen LogP) is 3.83. The molecule has 0 aromatic heterocycles. The van der Waals surface area contributed by atoms with Crippen LogP contribution in [0.15, 0.2) is 0 Å². The molecule has 0 aromatic carbocycles. The fraction of sp³-hybridized carbons (Fsp3) is 1.00. The topological polar surface area (TPSA) is 35.2 Å². The van der Waals surface area contributed by atoms with E-state index >= 15 is 0 Å². The largest absolute Gasteiger partial charge is 0.402 e. The van der Waals surface area contributed by atoms with E-state index in [0.29, 0.717) is 0 Å². The van der Waals surface area contributed by atoms with E-state index in [1.807, 2.05) is 11.8 Å². The molecule has 1 aliphatic rings. The van der Waals surface area contributed by atoms with Gasteiger partial charge in [0.2, 0.25) is 0 Å². The maximum atomic E-state index is 6.13. The summed E-state index contributed by atoms with van der Waals surface area (Å²) in [5, 5.41) is 0.256. The summed E-state index contributed by atoms with van der Waals surface area (Å²) >= 11 is 2.04. The van der Waals surface area contributed by atoms with E-state index in [1.165, 1.54) is 18.6 Å². The molecule has 0 aliphatic heterocycles. The standard InChI is InChI=1S/C13H29NOSSi/c1-13(2,3)17(4,5)15-12(14)8-9-16-10-11-6-7-11/h11-12H,6-10,14H2,1-5H3. The van der Waals surface area contributed by atoms with Gasteiger partial charge in [-0.2, -0.15) is 11.8 Å². The molecule has 102 valence electrons. The summed E-state index contributed by atoms with van der Waals surface area (Å²) in [6.07, 6.45) is 3.81. The highest BCUT2D eigenvalue weighted by molar-refractivity contribution is 7.99. The van der Waals surface area contributed by atoms with E-state index in [1.54, 1.807) is 0 Å². The molecule has 0 aromatic rings. The molecule has 0 heterocycles. The maximum Gasteiger partial charge on any atom is 0.194 e. The molecule has 0 amide bonds. The zero-order valence-corrected chi connectivity index (χ0v) is 13.9. The Bertz CT molecular complexity index is 236. The summed E-state index contributed by atoms with van der Waals surface area (Å²) in [7, 11) is -1.67. The first-order valence-corrected chi connectivity index (χ1v) is 10.8. The number of rotatable bonds is 7. The van der Waals surface area contributed by atoms with Gasteiger partial charge < -0.3 is 10.2 Å². The normalized spacial score (nSPS) is 19.4. The Balaban J connectivity index is 2.16. The molecule has 17 heavy (non-hydrogen) atoms. The number of nitrogens with two attached hydrogens (primary N) is 1. The van der Waals surface area contributed by atoms with Crippen LogP contribution >= 0.6 is 11.8 Å². The number of thioether (sulfide) groups is 1. The highest BCUT2D eigenvalue weighted by Gasteiger charge is 2.38. The monoisotopic (exact) mass is 275 g/mol. The van der Waals surface area contributed by atoms with Gasteiger partial charge in [-0.15, -0.1) is 0 Å². The van der Waals surface area contributed by atoms with Crippen LogP contribution in [0.4, 0.5) is 0 Å². The fourth-order valence-corrected chi connectivity index (χ4v) is 3.81. The lowest BCUT2D eigenvalue weighted by Crippen LogP contribution is -2.46. The third-order valence-corrected chi connectivity index (χ3v) is 9.59. The first kappa shape index (κ1) is 15.5. The van der Waals surface area contributed by atoms with E-state index in [9.17, 15) is 0 Å². The second kappa shape index (κ2) is 6.09. The Morgan fingerprint density at radius 1 is 1.35 bits per heavy atom. The van der Waals surface area contributed by atoms with E-state index in [4.69, 9.17) is 10.2 Å². The van der Waals surface area contributed by atoms with E-state index in [-0.39, 0.29) is 11.3 Å². The smallest absolute Gasteiger partial charge is 0.194 e. The molecule has 4 heteroatoms. The summed E-state index contributed by atoms with van der Waals surface area (Å²) in [6.45, 7) is 11.3. The minimum Gasteiger partial charge on any atom is -0.402 e. The van der Waals surface area contributed by atoms with Gasteiger partial charge in [-0.05, 0) is 54.8 Å². The molecule has 1 fully saturated rings. The van der Waals surface area contributed by atoms with Crippen LogP contribution in [-0.2, 0) is 4.43 Å². The molecule has 2 N–H and O–H groups in total. The van der Waals surface area contributed by atoms with Gasteiger partial charge in [0.15, 0.2) is 8.32 Å². The van der Waals surface area contributed by atoms with Crippen LogP contribution in [0.2, 0.25) is 18.1 Å². The minimum absolute atomic E-state index is 0.0670. The molecule has 1 unspecified atom stereocenters. The van der Waals surface area contributed by atoms with Crippen LogP contribution < -0.4 is 5.73 Å². The first-order chi connectivity index (χ1) is 7.72. The Morgan fingerprint density at radius 2 is 1.94 bits per heavy atom. The van der Waals surface area contributed by atoms with Crippen molar-refractivity contribution in [3.05, 3.63) is 0 Å². The first-order valence-electron chi connectivity index (χ1n) is 6.73. The Labute approximate surface area is 112 Å². The second-order valence-electron chi connectivity index (χ2n) is 6.72. The predicted molar refractivity (Wildman–Crippen MR) is 80.9 cm³/mol. The van der Waals surface area contributed by atoms with Gasteiger partial charge >= 0.3 is 0 Å². The van der Waals surface area contributed by atoms with Crippen LogP contribution in [0.3, 0.4) is 0 Å². The molecular weight excluding hydrogens is 246 g/mol. The van der Waals surface area contributed by atoms with Crippen molar-refractivity contribution in [3.63, 3.8) is 0 Å². The second-order valence-corrected chi connectivity index (χ2v) is 12.6. The average molecular weight is 276 g/mol. The van der Waals surface area contributed by atoms with Gasteiger partial charge in [-0.25, -0.2) is 0 Å². The van der Waals surface area contributed by atoms with Gasteiger partial charge in [0, 0.05) is 0 Å². The molecule has 2 nitrogen and oxygen atoms in total. The maximum absolute atomic E-state index is 6.13. The van der Waals surface area contributed by atoms with Crippen molar-refractivity contribution < 1.29 is 4.43 Å². The van der Waals surface area contributed by atoms with Crippen molar-refractivity contribution in [2.75, 3.05) is 11.5 Å². The van der Waals surface area contributed by atoms with E-state index in [2.05, 4.69) is 33.9 Å². The van der Waals surface area contributed by atoms with Gasteiger partial charge in [0.05, 0.1) is 6.23 Å². The van der Waals surface area contributed by atoms with Crippen molar-refractivity contribution in [2.24, 2.45) is 11.7 Å². The van der Waals surface area contributed by atoms with Crippen molar-refractivity contribution >= 4 is 20.1 Å². The lowest BCUT2D eigenvalue weighted by molar-refractivity contribution is 0.184. The number of hydrogen-bond donors (Lipinski definition) is 1. The Kier molecular flexibility index (Phi) is 5.57. The lowest BCUT2D eigenvalue weighted by Gasteiger charge is -2.38. The SMILES string of the molecule is CC(C)(C)[Si](C)(C)OC(N)CCSCC1CC1. The van der Waals surface area contributed by atoms with Crippen LogP contribution in [0.1, 0.15) is 40.0 Å². The van der Waals surface area contributed by atoms with E-state index < -0.39 is 8.32 Å². The molecule has 0 saturated heterocycles. The molecule has 0 spiro atoms. The zero-order valence-electron chi connectivity index (χ0n) is 12.1. The third-order valence-electron chi connectivity index (χ3n) is 3.85. The van der Waals surface area contributed by atoms with Crippen molar-refractivity contribution in [1.29, 1.82) is 0 Å².